The van der Waals surface area contributed by atoms with Gasteiger partial charge in [-0.1, -0.05) is 73.7 Å². The van der Waals surface area contributed by atoms with Crippen molar-refractivity contribution in [1.29, 1.82) is 0 Å². The van der Waals surface area contributed by atoms with Crippen LogP contribution in [0.4, 0.5) is 0 Å². The predicted octanol–water partition coefficient (Wildman–Crippen LogP) is 4.71. The average Bonchev–Trinajstić information content (AvgIpc) is 2.79. The van der Waals surface area contributed by atoms with Crippen LogP contribution >= 0.6 is 0 Å². The Hall–Kier alpha value is -2.82. The van der Waals surface area contributed by atoms with E-state index in [0.717, 1.165) is 34.6 Å². The van der Waals surface area contributed by atoms with Gasteiger partial charge in [0.15, 0.2) is 11.5 Å². The lowest BCUT2D eigenvalue weighted by molar-refractivity contribution is 0.238. The highest BCUT2D eigenvalue weighted by Crippen LogP contribution is 2.30. The maximum atomic E-state index is 9.38. The predicted molar refractivity (Wildman–Crippen MR) is 116 cm³/mol. The molecule has 0 aromatic heterocycles. The number of aliphatic hydroxyl groups is 1. The van der Waals surface area contributed by atoms with Gasteiger partial charge in [-0.3, -0.25) is 0 Å². The minimum Gasteiger partial charge on any atom is -0.485 e. The maximum absolute atomic E-state index is 9.38. The first-order chi connectivity index (χ1) is 14.3. The molecule has 0 spiro atoms. The van der Waals surface area contributed by atoms with Crippen molar-refractivity contribution < 1.29 is 14.6 Å². The molecular weight excluding hydrogens is 362 g/mol. The second kappa shape index (κ2) is 11.2. The molecule has 0 saturated carbocycles. The minimum atomic E-state index is 0.0951. The van der Waals surface area contributed by atoms with Crippen molar-refractivity contribution in [2.45, 2.75) is 39.1 Å². The monoisotopic (exact) mass is 391 g/mol. The summed E-state index contributed by atoms with van der Waals surface area (Å²) < 4.78 is 12.2. The molecule has 2 N–H and O–H groups in total. The molecule has 0 aliphatic heterocycles. The molecule has 4 nitrogen and oxygen atoms in total. The molecule has 0 aliphatic carbocycles. The van der Waals surface area contributed by atoms with E-state index in [1.807, 2.05) is 78.9 Å². The Morgan fingerprint density at radius 2 is 1.34 bits per heavy atom. The molecule has 0 saturated heterocycles. The Morgan fingerprint density at radius 1 is 0.759 bits per heavy atom. The third kappa shape index (κ3) is 6.63. The molecule has 0 unspecified atom stereocenters. The lowest BCUT2D eigenvalue weighted by Crippen LogP contribution is -2.31. The number of hydrogen-bond donors (Lipinski definition) is 2. The molecule has 0 fully saturated rings. The Labute approximate surface area is 173 Å². The number of benzene rings is 3. The van der Waals surface area contributed by atoms with Gasteiger partial charge in [0.2, 0.25) is 0 Å². The normalized spacial score (nSPS) is 11.8. The van der Waals surface area contributed by atoms with Gasteiger partial charge in [0.1, 0.15) is 13.2 Å². The first-order valence-corrected chi connectivity index (χ1v) is 10.1. The number of ether oxygens (including phenoxy) is 2. The Morgan fingerprint density at radius 3 is 1.90 bits per heavy atom. The summed E-state index contributed by atoms with van der Waals surface area (Å²) in [4.78, 5) is 0. The van der Waals surface area contributed by atoms with Crippen molar-refractivity contribution in [2.75, 3.05) is 6.61 Å². The van der Waals surface area contributed by atoms with Crippen LogP contribution in [0.1, 0.15) is 30.0 Å². The summed E-state index contributed by atoms with van der Waals surface area (Å²) in [7, 11) is 0. The second-order valence-corrected chi connectivity index (χ2v) is 7.00. The van der Waals surface area contributed by atoms with Gasteiger partial charge in [-0.25, -0.2) is 0 Å². The number of rotatable bonds is 11. The van der Waals surface area contributed by atoms with Gasteiger partial charge in [0, 0.05) is 12.6 Å². The standard InChI is InChI=1S/C25H29NO3/c1-2-23(17-27)26-16-22-13-14-24(28-18-20-9-5-3-6-10-20)25(15-22)29-19-21-11-7-4-8-12-21/h3-15,23,26-27H,2,16-19H2,1H3/t23-/m0/s1. The molecule has 29 heavy (non-hydrogen) atoms. The third-order valence-corrected chi connectivity index (χ3v) is 4.79. The Kier molecular flexibility index (Phi) is 8.11. The zero-order valence-corrected chi connectivity index (χ0v) is 16.9. The molecule has 0 amide bonds. The largest absolute Gasteiger partial charge is 0.485 e. The van der Waals surface area contributed by atoms with Crippen molar-refractivity contribution in [2.24, 2.45) is 0 Å². The molecule has 3 rings (SSSR count). The van der Waals surface area contributed by atoms with Gasteiger partial charge in [-0.15, -0.1) is 0 Å². The fourth-order valence-electron chi connectivity index (χ4n) is 2.97. The second-order valence-electron chi connectivity index (χ2n) is 7.00. The van der Waals surface area contributed by atoms with Gasteiger partial charge in [-0.05, 0) is 35.2 Å². The van der Waals surface area contributed by atoms with Gasteiger partial charge >= 0.3 is 0 Å². The number of hydrogen-bond acceptors (Lipinski definition) is 4. The van der Waals surface area contributed by atoms with Gasteiger partial charge < -0.3 is 19.9 Å². The Bertz CT molecular complexity index is 848. The van der Waals surface area contributed by atoms with E-state index >= 15 is 0 Å². The van der Waals surface area contributed by atoms with Gasteiger partial charge in [0.05, 0.1) is 6.61 Å². The summed E-state index contributed by atoms with van der Waals surface area (Å²) in [6.45, 7) is 3.82. The van der Waals surface area contributed by atoms with Crippen molar-refractivity contribution in [3.8, 4) is 11.5 Å². The third-order valence-electron chi connectivity index (χ3n) is 4.79. The SMILES string of the molecule is CC[C@@H](CO)NCc1ccc(OCc2ccccc2)c(OCc2ccccc2)c1. The van der Waals surface area contributed by atoms with Crippen LogP contribution < -0.4 is 14.8 Å². The van der Waals surface area contributed by atoms with E-state index in [1.165, 1.54) is 0 Å². The summed E-state index contributed by atoms with van der Waals surface area (Å²) in [5.74, 6) is 1.45. The zero-order chi connectivity index (χ0) is 20.3. The molecule has 4 heteroatoms. The van der Waals surface area contributed by atoms with E-state index in [-0.39, 0.29) is 12.6 Å². The van der Waals surface area contributed by atoms with Crippen LogP contribution in [0.15, 0.2) is 78.9 Å². The molecule has 3 aromatic carbocycles. The van der Waals surface area contributed by atoms with Crippen LogP contribution in [0.2, 0.25) is 0 Å². The summed E-state index contributed by atoms with van der Waals surface area (Å²) in [6.07, 6.45) is 0.881. The average molecular weight is 392 g/mol. The fourth-order valence-corrected chi connectivity index (χ4v) is 2.97. The van der Waals surface area contributed by atoms with Gasteiger partial charge in [0.25, 0.3) is 0 Å². The number of nitrogens with one attached hydrogen (secondary N) is 1. The van der Waals surface area contributed by atoms with Crippen molar-refractivity contribution in [3.63, 3.8) is 0 Å². The molecule has 0 bridgehead atoms. The van der Waals surface area contributed by atoms with Crippen LogP contribution in [0.5, 0.6) is 11.5 Å². The van der Waals surface area contributed by atoms with Crippen molar-refractivity contribution >= 4 is 0 Å². The first kappa shape index (κ1) is 20.9. The molecular formula is C25H29NO3. The van der Waals surface area contributed by atoms with E-state index in [4.69, 9.17) is 9.47 Å². The quantitative estimate of drug-likeness (QED) is 0.497. The molecule has 0 radical (unpaired) electrons. The highest BCUT2D eigenvalue weighted by molar-refractivity contribution is 5.43. The van der Waals surface area contributed by atoms with E-state index in [0.29, 0.717) is 19.8 Å². The summed E-state index contributed by atoms with van der Waals surface area (Å²) in [5.41, 5.74) is 3.31. The zero-order valence-electron chi connectivity index (χ0n) is 16.9. The Balaban J connectivity index is 1.72. The highest BCUT2D eigenvalue weighted by Gasteiger charge is 2.10. The van der Waals surface area contributed by atoms with Crippen molar-refractivity contribution in [3.05, 3.63) is 95.6 Å². The van der Waals surface area contributed by atoms with E-state index < -0.39 is 0 Å². The molecule has 1 atom stereocenters. The van der Waals surface area contributed by atoms with Crippen molar-refractivity contribution in [1.82, 2.24) is 5.32 Å². The summed E-state index contributed by atoms with van der Waals surface area (Å²) in [6, 6.07) is 26.3. The smallest absolute Gasteiger partial charge is 0.162 e. The van der Waals surface area contributed by atoms with E-state index in [1.54, 1.807) is 0 Å². The van der Waals surface area contributed by atoms with E-state index in [2.05, 4.69) is 12.2 Å². The van der Waals surface area contributed by atoms with Gasteiger partial charge in [-0.2, -0.15) is 0 Å². The van der Waals surface area contributed by atoms with Crippen LogP contribution in [0.3, 0.4) is 0 Å². The highest BCUT2D eigenvalue weighted by atomic mass is 16.5. The van der Waals surface area contributed by atoms with E-state index in [9.17, 15) is 5.11 Å². The summed E-state index contributed by atoms with van der Waals surface area (Å²) >= 11 is 0. The number of aliphatic hydroxyl groups excluding tert-OH is 1. The fraction of sp³-hybridized carbons (Fsp3) is 0.280. The minimum absolute atomic E-state index is 0.0951. The van der Waals surface area contributed by atoms with Crippen LogP contribution in [-0.4, -0.2) is 17.8 Å². The molecule has 152 valence electrons. The van der Waals surface area contributed by atoms with Crippen LogP contribution in [-0.2, 0) is 19.8 Å². The maximum Gasteiger partial charge on any atom is 0.162 e. The van der Waals surface area contributed by atoms with Crippen LogP contribution in [0.25, 0.3) is 0 Å². The molecule has 0 heterocycles. The summed E-state index contributed by atoms with van der Waals surface area (Å²) in [5, 5.41) is 12.8. The topological polar surface area (TPSA) is 50.7 Å². The molecule has 3 aromatic rings. The lowest BCUT2D eigenvalue weighted by atomic mass is 10.1. The lowest BCUT2D eigenvalue weighted by Gasteiger charge is -2.17. The van der Waals surface area contributed by atoms with Crippen LogP contribution in [0, 0.1) is 0 Å². The molecule has 0 aliphatic rings. The first-order valence-electron chi connectivity index (χ1n) is 10.1.